The Morgan fingerprint density at radius 2 is 2.11 bits per heavy atom. The van der Waals surface area contributed by atoms with Crippen LogP contribution in [0.3, 0.4) is 0 Å². The van der Waals surface area contributed by atoms with Crippen molar-refractivity contribution in [1.82, 2.24) is 10.1 Å². The van der Waals surface area contributed by atoms with E-state index in [0.29, 0.717) is 18.3 Å². The summed E-state index contributed by atoms with van der Waals surface area (Å²) in [6.07, 6.45) is 4.30. The van der Waals surface area contributed by atoms with E-state index in [4.69, 9.17) is 14.0 Å². The molecule has 1 aliphatic carbocycles. The molecule has 0 atom stereocenters. The topological polar surface area (TPSA) is 74.5 Å². The van der Waals surface area contributed by atoms with E-state index >= 15 is 0 Å². The van der Waals surface area contributed by atoms with E-state index in [1.165, 1.54) is 7.11 Å². The minimum absolute atomic E-state index is 0.0294. The molecule has 0 spiro atoms. The molecule has 0 aliphatic heterocycles. The number of esters is 1. The standard InChI is InChI=1S/C13H20N2O4/c1-3-12-14-11(15-19-12)8-18-10-6-4-9(5-7-10)13(16)17-2/h9-10H,3-8H2,1-2H3. The first-order valence-electron chi connectivity index (χ1n) is 6.73. The average Bonchev–Trinajstić information content (AvgIpc) is 2.93. The summed E-state index contributed by atoms with van der Waals surface area (Å²) in [7, 11) is 1.44. The lowest BCUT2D eigenvalue weighted by atomic mass is 9.87. The summed E-state index contributed by atoms with van der Waals surface area (Å²) >= 11 is 0. The van der Waals surface area contributed by atoms with Gasteiger partial charge in [-0.3, -0.25) is 4.79 Å². The lowest BCUT2D eigenvalue weighted by Gasteiger charge is -2.26. The molecule has 0 radical (unpaired) electrons. The molecule has 1 saturated carbocycles. The summed E-state index contributed by atoms with van der Waals surface area (Å²) in [6.45, 7) is 2.34. The third-order valence-corrected chi connectivity index (χ3v) is 3.47. The van der Waals surface area contributed by atoms with Gasteiger partial charge in [0.25, 0.3) is 0 Å². The number of ether oxygens (including phenoxy) is 2. The first kappa shape index (κ1) is 14.0. The summed E-state index contributed by atoms with van der Waals surface area (Å²) in [5.41, 5.74) is 0. The fourth-order valence-electron chi connectivity index (χ4n) is 2.32. The number of aryl methyl sites for hydroxylation is 1. The maximum atomic E-state index is 11.4. The van der Waals surface area contributed by atoms with E-state index in [0.717, 1.165) is 32.1 Å². The Morgan fingerprint density at radius 1 is 1.37 bits per heavy atom. The molecule has 1 fully saturated rings. The monoisotopic (exact) mass is 268 g/mol. The Hall–Kier alpha value is -1.43. The highest BCUT2D eigenvalue weighted by Gasteiger charge is 2.27. The van der Waals surface area contributed by atoms with Gasteiger partial charge in [0.15, 0.2) is 5.82 Å². The summed E-state index contributed by atoms with van der Waals surface area (Å²) in [5.74, 6) is 1.14. The zero-order valence-electron chi connectivity index (χ0n) is 11.4. The number of aromatic nitrogens is 2. The zero-order chi connectivity index (χ0) is 13.7. The van der Waals surface area contributed by atoms with Crippen LogP contribution in [0.2, 0.25) is 0 Å². The van der Waals surface area contributed by atoms with E-state index in [9.17, 15) is 4.79 Å². The number of hydrogen-bond donors (Lipinski definition) is 0. The number of nitrogens with zero attached hydrogens (tertiary/aromatic N) is 2. The normalized spacial score (nSPS) is 23.3. The second-order valence-electron chi connectivity index (χ2n) is 4.77. The van der Waals surface area contributed by atoms with Crippen LogP contribution in [0.1, 0.15) is 44.3 Å². The molecule has 0 saturated heterocycles. The van der Waals surface area contributed by atoms with Crippen molar-refractivity contribution < 1.29 is 18.8 Å². The third kappa shape index (κ3) is 3.76. The Balaban J connectivity index is 1.72. The lowest BCUT2D eigenvalue weighted by Crippen LogP contribution is -2.27. The molecule has 106 valence electrons. The van der Waals surface area contributed by atoms with Crippen LogP contribution in [0.4, 0.5) is 0 Å². The Bertz CT molecular complexity index is 411. The molecule has 6 nitrogen and oxygen atoms in total. The average molecular weight is 268 g/mol. The summed E-state index contributed by atoms with van der Waals surface area (Å²) in [5, 5.41) is 3.84. The number of carbonyl (C=O) groups excluding carboxylic acids is 1. The van der Waals surface area contributed by atoms with Gasteiger partial charge in [-0.25, -0.2) is 0 Å². The van der Waals surface area contributed by atoms with Gasteiger partial charge in [-0.2, -0.15) is 4.98 Å². The van der Waals surface area contributed by atoms with Crippen molar-refractivity contribution in [3.8, 4) is 0 Å². The van der Waals surface area contributed by atoms with Gasteiger partial charge in [-0.15, -0.1) is 0 Å². The van der Waals surface area contributed by atoms with Crippen LogP contribution in [0, 0.1) is 5.92 Å². The van der Waals surface area contributed by atoms with Crippen molar-refractivity contribution in [1.29, 1.82) is 0 Å². The van der Waals surface area contributed by atoms with E-state index < -0.39 is 0 Å². The fourth-order valence-corrected chi connectivity index (χ4v) is 2.32. The van der Waals surface area contributed by atoms with E-state index in [1.54, 1.807) is 0 Å². The van der Waals surface area contributed by atoms with E-state index in [2.05, 4.69) is 10.1 Å². The molecule has 6 heteroatoms. The van der Waals surface area contributed by atoms with E-state index in [1.807, 2.05) is 6.92 Å². The maximum absolute atomic E-state index is 11.4. The number of hydrogen-bond acceptors (Lipinski definition) is 6. The van der Waals surface area contributed by atoms with Crippen molar-refractivity contribution in [3.63, 3.8) is 0 Å². The first-order chi connectivity index (χ1) is 9.22. The van der Waals surface area contributed by atoms with Crippen LogP contribution >= 0.6 is 0 Å². The van der Waals surface area contributed by atoms with Crippen molar-refractivity contribution in [2.45, 2.75) is 51.7 Å². The van der Waals surface area contributed by atoms with E-state index in [-0.39, 0.29) is 18.0 Å². The molecule has 0 aromatic carbocycles. The van der Waals surface area contributed by atoms with Crippen molar-refractivity contribution in [2.75, 3.05) is 7.11 Å². The quantitative estimate of drug-likeness (QED) is 0.759. The van der Waals surface area contributed by atoms with Crippen LogP contribution in [0.15, 0.2) is 4.52 Å². The second-order valence-corrected chi connectivity index (χ2v) is 4.77. The van der Waals surface area contributed by atoms with Gasteiger partial charge < -0.3 is 14.0 Å². The van der Waals surface area contributed by atoms with Crippen LogP contribution in [-0.2, 0) is 27.3 Å². The number of carbonyl (C=O) groups is 1. The van der Waals surface area contributed by atoms with Crippen LogP contribution in [0.25, 0.3) is 0 Å². The summed E-state index contributed by atoms with van der Waals surface area (Å²) < 4.78 is 15.5. The molecular weight excluding hydrogens is 248 g/mol. The van der Waals surface area contributed by atoms with Crippen molar-refractivity contribution in [3.05, 3.63) is 11.7 Å². The molecule has 1 heterocycles. The number of rotatable bonds is 5. The van der Waals surface area contributed by atoms with Gasteiger partial charge in [-0.1, -0.05) is 12.1 Å². The fraction of sp³-hybridized carbons (Fsp3) is 0.769. The molecule has 2 rings (SSSR count). The minimum atomic E-state index is -0.107. The predicted molar refractivity (Wildman–Crippen MR) is 66.2 cm³/mol. The maximum Gasteiger partial charge on any atom is 0.308 e. The Labute approximate surface area is 112 Å². The van der Waals surface area contributed by atoms with Gasteiger partial charge in [-0.05, 0) is 25.7 Å². The zero-order valence-corrected chi connectivity index (χ0v) is 11.4. The number of methoxy groups -OCH3 is 1. The first-order valence-corrected chi connectivity index (χ1v) is 6.73. The Kier molecular flexibility index (Phi) is 4.90. The third-order valence-electron chi connectivity index (χ3n) is 3.47. The van der Waals surface area contributed by atoms with Crippen molar-refractivity contribution >= 4 is 5.97 Å². The van der Waals surface area contributed by atoms with Crippen LogP contribution < -0.4 is 0 Å². The van der Waals surface area contributed by atoms with Gasteiger partial charge in [0, 0.05) is 6.42 Å². The SMILES string of the molecule is CCc1nc(COC2CCC(C(=O)OC)CC2)no1. The Morgan fingerprint density at radius 3 is 2.68 bits per heavy atom. The molecular formula is C13H20N2O4. The molecule has 0 unspecified atom stereocenters. The minimum Gasteiger partial charge on any atom is -0.469 e. The smallest absolute Gasteiger partial charge is 0.308 e. The molecule has 1 aliphatic rings. The van der Waals surface area contributed by atoms with Crippen LogP contribution in [0.5, 0.6) is 0 Å². The molecule has 0 bridgehead atoms. The highest BCUT2D eigenvalue weighted by molar-refractivity contribution is 5.72. The molecule has 1 aromatic rings. The van der Waals surface area contributed by atoms with Gasteiger partial charge in [0.1, 0.15) is 6.61 Å². The lowest BCUT2D eigenvalue weighted by molar-refractivity contribution is -0.147. The van der Waals surface area contributed by atoms with Gasteiger partial charge in [0.2, 0.25) is 5.89 Å². The summed E-state index contributed by atoms with van der Waals surface area (Å²) in [6, 6.07) is 0. The largest absolute Gasteiger partial charge is 0.469 e. The molecule has 1 aromatic heterocycles. The predicted octanol–water partition coefficient (Wildman–Crippen LogP) is 1.88. The van der Waals surface area contributed by atoms with Gasteiger partial charge >= 0.3 is 5.97 Å². The van der Waals surface area contributed by atoms with Crippen molar-refractivity contribution in [2.24, 2.45) is 5.92 Å². The second kappa shape index (κ2) is 6.65. The highest BCUT2D eigenvalue weighted by atomic mass is 16.5. The molecule has 0 amide bonds. The van der Waals surface area contributed by atoms with Gasteiger partial charge in [0.05, 0.1) is 19.1 Å². The molecule has 0 N–H and O–H groups in total. The van der Waals surface area contributed by atoms with Crippen LogP contribution in [-0.4, -0.2) is 29.3 Å². The summed E-state index contributed by atoms with van der Waals surface area (Å²) in [4.78, 5) is 15.6. The molecule has 19 heavy (non-hydrogen) atoms. The highest BCUT2D eigenvalue weighted by Crippen LogP contribution is 2.27.